The summed E-state index contributed by atoms with van der Waals surface area (Å²) in [5.74, 6) is 2.78. The van der Waals surface area contributed by atoms with Gasteiger partial charge in [-0.15, -0.1) is 0 Å². The first-order valence-electron chi connectivity index (χ1n) is 8.33. The van der Waals surface area contributed by atoms with Gasteiger partial charge in [0.1, 0.15) is 17.8 Å². The number of benzene rings is 2. The summed E-state index contributed by atoms with van der Waals surface area (Å²) >= 11 is 0. The molecule has 0 heterocycles. The Hall–Kier alpha value is -2.69. The van der Waals surface area contributed by atoms with Gasteiger partial charge in [-0.25, -0.2) is 0 Å². The van der Waals surface area contributed by atoms with Crippen molar-refractivity contribution < 1.29 is 23.7 Å². The van der Waals surface area contributed by atoms with Crippen molar-refractivity contribution in [3.8, 4) is 28.7 Å². The van der Waals surface area contributed by atoms with E-state index in [2.05, 4.69) is 6.92 Å². The topological polar surface area (TPSA) is 54.0 Å². The number of carbonyl (C=O) groups excluding carboxylic acids is 1. The number of rotatable bonds is 10. The first-order valence-corrected chi connectivity index (χ1v) is 8.33. The summed E-state index contributed by atoms with van der Waals surface area (Å²) in [6.07, 6.45) is 3.89. The Bertz CT molecular complexity index is 679. The first kappa shape index (κ1) is 18.6. The predicted octanol–water partition coefficient (Wildman–Crippen LogP) is 4.88. The van der Waals surface area contributed by atoms with E-state index in [0.717, 1.165) is 31.3 Å². The van der Waals surface area contributed by atoms with Crippen LogP contribution in [0.5, 0.6) is 28.7 Å². The standard InChI is InChI=1S/C20H24O5/c1-4-5-6-11-24-20-18(23-3)12-15(14-21)13-19(20)25-17-9-7-16(22-2)8-10-17/h7-10,12-14H,4-6,11H2,1-3H3. The van der Waals surface area contributed by atoms with E-state index in [-0.39, 0.29) is 0 Å². The second-order valence-electron chi connectivity index (χ2n) is 5.50. The Morgan fingerprint density at radius 3 is 2.20 bits per heavy atom. The van der Waals surface area contributed by atoms with Crippen molar-refractivity contribution in [2.24, 2.45) is 0 Å². The first-order chi connectivity index (χ1) is 12.2. The molecule has 0 saturated heterocycles. The maximum absolute atomic E-state index is 11.2. The zero-order valence-corrected chi connectivity index (χ0v) is 14.9. The number of ether oxygens (including phenoxy) is 4. The highest BCUT2D eigenvalue weighted by Gasteiger charge is 2.16. The lowest BCUT2D eigenvalue weighted by molar-refractivity contribution is 0.112. The molecule has 5 nitrogen and oxygen atoms in total. The summed E-state index contributed by atoms with van der Waals surface area (Å²) in [5.41, 5.74) is 0.460. The van der Waals surface area contributed by atoms with Crippen molar-refractivity contribution in [2.75, 3.05) is 20.8 Å². The number of unbranched alkanes of at least 4 members (excludes halogenated alkanes) is 2. The zero-order valence-electron chi connectivity index (χ0n) is 14.9. The average Bonchev–Trinajstić information content (AvgIpc) is 2.66. The fraction of sp³-hybridized carbons (Fsp3) is 0.350. The largest absolute Gasteiger partial charge is 0.497 e. The highest BCUT2D eigenvalue weighted by Crippen LogP contribution is 2.41. The molecule has 0 aliphatic heterocycles. The second kappa shape index (κ2) is 9.57. The van der Waals surface area contributed by atoms with Gasteiger partial charge >= 0.3 is 0 Å². The minimum atomic E-state index is 0.447. The molecule has 0 spiro atoms. The van der Waals surface area contributed by atoms with Crippen molar-refractivity contribution in [2.45, 2.75) is 26.2 Å². The monoisotopic (exact) mass is 344 g/mol. The molecule has 2 aromatic carbocycles. The van der Waals surface area contributed by atoms with Gasteiger partial charge < -0.3 is 18.9 Å². The summed E-state index contributed by atoms with van der Waals surface area (Å²) in [7, 11) is 3.15. The molecule has 2 aromatic rings. The Kier molecular flexibility index (Phi) is 7.14. The van der Waals surface area contributed by atoms with Crippen LogP contribution in [0.2, 0.25) is 0 Å². The number of methoxy groups -OCH3 is 2. The molecule has 134 valence electrons. The maximum Gasteiger partial charge on any atom is 0.204 e. The SMILES string of the molecule is CCCCCOc1c(OC)cc(C=O)cc1Oc1ccc(OC)cc1. The summed E-state index contributed by atoms with van der Waals surface area (Å²) in [4.78, 5) is 11.2. The van der Waals surface area contributed by atoms with Gasteiger partial charge in [0, 0.05) is 5.56 Å². The normalized spacial score (nSPS) is 10.2. The van der Waals surface area contributed by atoms with Gasteiger partial charge in [-0.3, -0.25) is 4.79 Å². The van der Waals surface area contributed by atoms with Crippen molar-refractivity contribution in [1.82, 2.24) is 0 Å². The average molecular weight is 344 g/mol. The van der Waals surface area contributed by atoms with Gasteiger partial charge in [-0.05, 0) is 42.8 Å². The third-order valence-electron chi connectivity index (χ3n) is 3.68. The summed E-state index contributed by atoms with van der Waals surface area (Å²) in [6, 6.07) is 10.5. The lowest BCUT2D eigenvalue weighted by atomic mass is 10.2. The van der Waals surface area contributed by atoms with E-state index in [1.165, 1.54) is 0 Å². The predicted molar refractivity (Wildman–Crippen MR) is 96.5 cm³/mol. The van der Waals surface area contributed by atoms with Crippen LogP contribution in [0.3, 0.4) is 0 Å². The lowest BCUT2D eigenvalue weighted by Gasteiger charge is -2.16. The lowest BCUT2D eigenvalue weighted by Crippen LogP contribution is -2.02. The fourth-order valence-corrected chi connectivity index (χ4v) is 2.33. The van der Waals surface area contributed by atoms with Gasteiger partial charge in [0.05, 0.1) is 20.8 Å². The van der Waals surface area contributed by atoms with E-state index in [0.29, 0.717) is 35.2 Å². The van der Waals surface area contributed by atoms with Crippen molar-refractivity contribution in [1.29, 1.82) is 0 Å². The van der Waals surface area contributed by atoms with Crippen LogP contribution >= 0.6 is 0 Å². The van der Waals surface area contributed by atoms with E-state index in [1.54, 1.807) is 50.6 Å². The van der Waals surface area contributed by atoms with Gasteiger partial charge in [0.25, 0.3) is 0 Å². The van der Waals surface area contributed by atoms with Crippen LogP contribution in [0.25, 0.3) is 0 Å². The quantitative estimate of drug-likeness (QED) is 0.454. The van der Waals surface area contributed by atoms with Crippen molar-refractivity contribution in [3.05, 3.63) is 42.0 Å². The smallest absolute Gasteiger partial charge is 0.204 e. The molecule has 0 aromatic heterocycles. The van der Waals surface area contributed by atoms with Gasteiger partial charge in [0.2, 0.25) is 5.75 Å². The number of hydrogen-bond donors (Lipinski definition) is 0. The Morgan fingerprint density at radius 2 is 1.60 bits per heavy atom. The zero-order chi connectivity index (χ0) is 18.1. The molecule has 0 fully saturated rings. The Labute approximate surface area is 148 Å². The summed E-state index contributed by atoms with van der Waals surface area (Å²) in [6.45, 7) is 2.70. The fourth-order valence-electron chi connectivity index (χ4n) is 2.33. The van der Waals surface area contributed by atoms with Crippen LogP contribution in [-0.2, 0) is 0 Å². The number of hydrogen-bond acceptors (Lipinski definition) is 5. The molecule has 0 unspecified atom stereocenters. The highest BCUT2D eigenvalue weighted by molar-refractivity contribution is 5.78. The van der Waals surface area contributed by atoms with Crippen LogP contribution in [0.4, 0.5) is 0 Å². The van der Waals surface area contributed by atoms with Crippen LogP contribution in [0, 0.1) is 0 Å². The molecule has 25 heavy (non-hydrogen) atoms. The van der Waals surface area contributed by atoms with E-state index < -0.39 is 0 Å². The van der Waals surface area contributed by atoms with Crippen LogP contribution in [0.1, 0.15) is 36.5 Å². The Morgan fingerprint density at radius 1 is 0.920 bits per heavy atom. The molecule has 5 heteroatoms. The van der Waals surface area contributed by atoms with Crippen molar-refractivity contribution >= 4 is 6.29 Å². The van der Waals surface area contributed by atoms with Crippen LogP contribution < -0.4 is 18.9 Å². The molecular weight excluding hydrogens is 320 g/mol. The van der Waals surface area contributed by atoms with E-state index in [4.69, 9.17) is 18.9 Å². The third kappa shape index (κ3) is 5.14. The molecule has 2 rings (SSSR count). The minimum absolute atomic E-state index is 0.447. The summed E-state index contributed by atoms with van der Waals surface area (Å²) in [5, 5.41) is 0. The van der Waals surface area contributed by atoms with Gasteiger partial charge in [-0.2, -0.15) is 0 Å². The molecule has 0 bridgehead atoms. The Balaban J connectivity index is 2.29. The number of aldehydes is 1. The van der Waals surface area contributed by atoms with E-state index in [1.807, 2.05) is 0 Å². The van der Waals surface area contributed by atoms with E-state index >= 15 is 0 Å². The molecular formula is C20H24O5. The maximum atomic E-state index is 11.2. The molecule has 0 radical (unpaired) electrons. The summed E-state index contributed by atoms with van der Waals surface area (Å²) < 4.78 is 22.3. The molecule has 0 atom stereocenters. The highest BCUT2D eigenvalue weighted by atomic mass is 16.5. The third-order valence-corrected chi connectivity index (χ3v) is 3.68. The van der Waals surface area contributed by atoms with Crippen LogP contribution in [0.15, 0.2) is 36.4 Å². The van der Waals surface area contributed by atoms with E-state index in [9.17, 15) is 4.79 Å². The molecule has 0 saturated carbocycles. The van der Waals surface area contributed by atoms with Crippen molar-refractivity contribution in [3.63, 3.8) is 0 Å². The van der Waals surface area contributed by atoms with Gasteiger partial charge in [-0.1, -0.05) is 19.8 Å². The molecule has 0 N–H and O–H groups in total. The van der Waals surface area contributed by atoms with Crippen LogP contribution in [-0.4, -0.2) is 27.1 Å². The second-order valence-corrected chi connectivity index (χ2v) is 5.50. The van der Waals surface area contributed by atoms with Gasteiger partial charge in [0.15, 0.2) is 11.5 Å². The molecule has 0 aliphatic carbocycles. The molecule has 0 aliphatic rings. The molecule has 0 amide bonds. The minimum Gasteiger partial charge on any atom is -0.497 e. The number of carbonyl (C=O) groups is 1.